The standard InChI is InChI=1S/C4H10N4O2/c5-7-1-3(8-6)4(10)2-9/h1,4,9-10H,2,5-6H2. The van der Waals surface area contributed by atoms with E-state index in [-0.39, 0.29) is 5.71 Å². The zero-order valence-corrected chi connectivity index (χ0v) is 5.31. The molecule has 10 heavy (non-hydrogen) atoms. The highest BCUT2D eigenvalue weighted by atomic mass is 16.3. The van der Waals surface area contributed by atoms with Gasteiger partial charge < -0.3 is 21.9 Å². The molecule has 0 spiro atoms. The van der Waals surface area contributed by atoms with E-state index in [0.717, 1.165) is 6.21 Å². The molecule has 0 rings (SSSR count). The Bertz CT molecular complexity index is 144. The molecule has 1 unspecified atom stereocenters. The average molecular weight is 146 g/mol. The predicted molar refractivity (Wildman–Crippen MR) is 37.4 cm³/mol. The molecular formula is C4H10N4O2. The van der Waals surface area contributed by atoms with Crippen molar-refractivity contribution in [1.82, 2.24) is 0 Å². The summed E-state index contributed by atoms with van der Waals surface area (Å²) >= 11 is 0. The van der Waals surface area contributed by atoms with Crippen molar-refractivity contribution in [2.45, 2.75) is 6.10 Å². The first-order valence-electron chi connectivity index (χ1n) is 2.56. The van der Waals surface area contributed by atoms with Crippen LogP contribution < -0.4 is 11.7 Å². The highest BCUT2D eigenvalue weighted by molar-refractivity contribution is 6.32. The van der Waals surface area contributed by atoms with Crippen molar-refractivity contribution in [1.29, 1.82) is 0 Å². The van der Waals surface area contributed by atoms with Gasteiger partial charge in [-0.1, -0.05) is 0 Å². The molecule has 6 heteroatoms. The second-order valence-corrected chi connectivity index (χ2v) is 1.53. The molecule has 0 aromatic rings. The zero-order valence-electron chi connectivity index (χ0n) is 5.31. The van der Waals surface area contributed by atoms with E-state index in [4.69, 9.17) is 21.9 Å². The Balaban J connectivity index is 4.08. The van der Waals surface area contributed by atoms with E-state index in [9.17, 15) is 0 Å². The molecule has 0 radical (unpaired) electrons. The Morgan fingerprint density at radius 1 is 1.60 bits per heavy atom. The van der Waals surface area contributed by atoms with E-state index in [1.165, 1.54) is 0 Å². The Labute approximate surface area is 57.8 Å². The molecule has 6 N–H and O–H groups in total. The highest BCUT2D eigenvalue weighted by Gasteiger charge is 2.07. The third kappa shape index (κ3) is 2.42. The second kappa shape index (κ2) is 4.71. The van der Waals surface area contributed by atoms with Gasteiger partial charge in [-0.2, -0.15) is 10.2 Å². The molecule has 0 saturated carbocycles. The van der Waals surface area contributed by atoms with Gasteiger partial charge in [0, 0.05) is 0 Å². The Kier molecular flexibility index (Phi) is 4.17. The molecule has 0 aromatic carbocycles. The van der Waals surface area contributed by atoms with Gasteiger partial charge in [0.05, 0.1) is 12.8 Å². The largest absolute Gasteiger partial charge is 0.393 e. The topological polar surface area (TPSA) is 117 Å². The maximum Gasteiger partial charge on any atom is 0.122 e. The lowest BCUT2D eigenvalue weighted by molar-refractivity contribution is 0.146. The smallest absolute Gasteiger partial charge is 0.122 e. The lowest BCUT2D eigenvalue weighted by atomic mass is 10.2. The van der Waals surface area contributed by atoms with Crippen molar-refractivity contribution < 1.29 is 10.2 Å². The molecule has 0 fully saturated rings. The summed E-state index contributed by atoms with van der Waals surface area (Å²) in [6.45, 7) is -0.456. The molecule has 0 aliphatic carbocycles. The van der Waals surface area contributed by atoms with Gasteiger partial charge in [-0.25, -0.2) is 0 Å². The number of hydrogen-bond donors (Lipinski definition) is 4. The third-order valence-corrected chi connectivity index (χ3v) is 0.870. The fourth-order valence-electron chi connectivity index (χ4n) is 0.375. The molecule has 6 nitrogen and oxygen atoms in total. The van der Waals surface area contributed by atoms with E-state index < -0.39 is 12.7 Å². The summed E-state index contributed by atoms with van der Waals surface area (Å²) in [7, 11) is 0. The predicted octanol–water partition coefficient (Wildman–Crippen LogP) is -2.40. The van der Waals surface area contributed by atoms with E-state index in [1.54, 1.807) is 0 Å². The van der Waals surface area contributed by atoms with E-state index >= 15 is 0 Å². The van der Waals surface area contributed by atoms with Crippen LogP contribution in [0, 0.1) is 0 Å². The Hall–Kier alpha value is -1.14. The number of nitrogens with zero attached hydrogens (tertiary/aromatic N) is 2. The minimum atomic E-state index is -1.11. The van der Waals surface area contributed by atoms with Crippen molar-refractivity contribution in [2.24, 2.45) is 21.9 Å². The van der Waals surface area contributed by atoms with Crippen molar-refractivity contribution >= 4 is 11.9 Å². The van der Waals surface area contributed by atoms with Crippen LogP contribution in [-0.2, 0) is 0 Å². The van der Waals surface area contributed by atoms with Gasteiger partial charge in [0.2, 0.25) is 0 Å². The molecule has 1 atom stereocenters. The fraction of sp³-hybridized carbons (Fsp3) is 0.500. The van der Waals surface area contributed by atoms with Gasteiger partial charge in [-0.3, -0.25) is 0 Å². The van der Waals surface area contributed by atoms with Gasteiger partial charge >= 0.3 is 0 Å². The molecule has 0 saturated heterocycles. The molecule has 0 aliphatic rings. The third-order valence-electron chi connectivity index (χ3n) is 0.870. The van der Waals surface area contributed by atoms with Gasteiger partial charge in [-0.15, -0.1) is 0 Å². The summed E-state index contributed by atoms with van der Waals surface area (Å²) in [5.41, 5.74) is 0.0463. The lowest BCUT2D eigenvalue weighted by Crippen LogP contribution is -2.27. The summed E-state index contributed by atoms with van der Waals surface area (Å²) in [6, 6.07) is 0. The van der Waals surface area contributed by atoms with E-state index in [1.807, 2.05) is 0 Å². The van der Waals surface area contributed by atoms with Crippen LogP contribution in [0.5, 0.6) is 0 Å². The summed E-state index contributed by atoms with van der Waals surface area (Å²) in [5, 5.41) is 23.4. The number of hydrazone groups is 2. The molecule has 0 aliphatic heterocycles. The SMILES string of the molecule is NN=CC(=NN)C(O)CO. The molecule has 0 amide bonds. The number of aliphatic hydroxyl groups is 2. The summed E-state index contributed by atoms with van der Waals surface area (Å²) in [6.07, 6.45) is -0.0433. The van der Waals surface area contributed by atoms with Crippen LogP contribution >= 0.6 is 0 Å². The summed E-state index contributed by atoms with van der Waals surface area (Å²) in [4.78, 5) is 0. The second-order valence-electron chi connectivity index (χ2n) is 1.53. The zero-order chi connectivity index (χ0) is 7.98. The van der Waals surface area contributed by atoms with Crippen molar-refractivity contribution in [3.05, 3.63) is 0 Å². The minimum absolute atomic E-state index is 0.0463. The fourth-order valence-corrected chi connectivity index (χ4v) is 0.375. The minimum Gasteiger partial charge on any atom is -0.393 e. The number of hydrogen-bond acceptors (Lipinski definition) is 6. The van der Waals surface area contributed by atoms with E-state index in [0.29, 0.717) is 0 Å². The van der Waals surface area contributed by atoms with Crippen LogP contribution in [0.3, 0.4) is 0 Å². The maximum absolute atomic E-state index is 8.84. The monoisotopic (exact) mass is 146 g/mol. The number of rotatable bonds is 3. The highest BCUT2D eigenvalue weighted by Crippen LogP contribution is 1.82. The average Bonchev–Trinajstić information content (AvgIpc) is 1.99. The molecular weight excluding hydrogens is 136 g/mol. The molecule has 0 heterocycles. The van der Waals surface area contributed by atoms with Gasteiger partial charge in [0.15, 0.2) is 0 Å². The van der Waals surface area contributed by atoms with Crippen molar-refractivity contribution in [3.8, 4) is 0 Å². The van der Waals surface area contributed by atoms with Crippen molar-refractivity contribution in [2.75, 3.05) is 6.61 Å². The first kappa shape index (κ1) is 8.86. The normalized spacial score (nSPS) is 16.0. The van der Waals surface area contributed by atoms with E-state index in [2.05, 4.69) is 10.2 Å². The number of nitrogens with two attached hydrogens (primary N) is 2. The Morgan fingerprint density at radius 2 is 2.20 bits per heavy atom. The Morgan fingerprint density at radius 3 is 2.50 bits per heavy atom. The van der Waals surface area contributed by atoms with Crippen LogP contribution in [0.1, 0.15) is 0 Å². The first-order valence-corrected chi connectivity index (χ1v) is 2.56. The quantitative estimate of drug-likeness (QED) is 0.201. The van der Waals surface area contributed by atoms with Crippen LogP contribution in [0.15, 0.2) is 10.2 Å². The van der Waals surface area contributed by atoms with Gasteiger partial charge in [0.25, 0.3) is 0 Å². The van der Waals surface area contributed by atoms with Gasteiger partial charge in [0.1, 0.15) is 11.8 Å². The van der Waals surface area contributed by atoms with Crippen LogP contribution in [0.25, 0.3) is 0 Å². The first-order chi connectivity index (χ1) is 4.76. The summed E-state index contributed by atoms with van der Waals surface area (Å²) in [5.74, 6) is 9.54. The lowest BCUT2D eigenvalue weighted by Gasteiger charge is -2.03. The van der Waals surface area contributed by atoms with Crippen molar-refractivity contribution in [3.63, 3.8) is 0 Å². The van der Waals surface area contributed by atoms with Crippen LogP contribution in [0.4, 0.5) is 0 Å². The summed E-state index contributed by atoms with van der Waals surface area (Å²) < 4.78 is 0. The molecule has 0 bridgehead atoms. The van der Waals surface area contributed by atoms with Crippen LogP contribution in [0.2, 0.25) is 0 Å². The number of aliphatic hydroxyl groups excluding tert-OH is 2. The van der Waals surface area contributed by atoms with Gasteiger partial charge in [-0.05, 0) is 0 Å². The molecule has 58 valence electrons. The molecule has 0 aromatic heterocycles. The van der Waals surface area contributed by atoms with Crippen LogP contribution in [-0.4, -0.2) is 34.9 Å². The maximum atomic E-state index is 8.84.